The first-order chi connectivity index (χ1) is 12.5. The number of nitrogens with zero attached hydrogens (tertiary/aromatic N) is 2. The van der Waals surface area contributed by atoms with Gasteiger partial charge in [-0.1, -0.05) is 17.3 Å². The number of halogens is 2. The van der Waals surface area contributed by atoms with Crippen molar-refractivity contribution in [3.05, 3.63) is 48.5 Å². The lowest BCUT2D eigenvalue weighted by atomic mass is 10.2. The largest absolute Gasteiger partial charge is 0.484 e. The van der Waals surface area contributed by atoms with Crippen LogP contribution in [0.4, 0.5) is 8.78 Å². The second kappa shape index (κ2) is 7.60. The molecule has 1 heterocycles. The van der Waals surface area contributed by atoms with Crippen LogP contribution in [-0.2, 0) is 4.79 Å². The summed E-state index contributed by atoms with van der Waals surface area (Å²) in [4.78, 5) is 14.9. The summed E-state index contributed by atoms with van der Waals surface area (Å²) in [7, 11) is 0. The van der Waals surface area contributed by atoms with Crippen molar-refractivity contribution in [1.29, 1.82) is 0 Å². The van der Waals surface area contributed by atoms with Crippen molar-refractivity contribution in [1.82, 2.24) is 10.1 Å². The van der Waals surface area contributed by atoms with Crippen LogP contribution < -0.4 is 15.2 Å². The van der Waals surface area contributed by atoms with E-state index < -0.39 is 12.5 Å². The number of carbonyl (C=O) groups excluding carboxylic acids is 1. The topological polar surface area (TPSA) is 100 Å². The van der Waals surface area contributed by atoms with E-state index >= 15 is 0 Å². The molecule has 0 aliphatic heterocycles. The number of nitrogens with two attached hydrogens (primary N) is 1. The van der Waals surface area contributed by atoms with Crippen LogP contribution in [0.3, 0.4) is 0 Å². The minimum atomic E-state index is -2.97. The summed E-state index contributed by atoms with van der Waals surface area (Å²) in [6, 6.07) is 12.7. The van der Waals surface area contributed by atoms with Gasteiger partial charge in [-0.25, -0.2) is 0 Å². The van der Waals surface area contributed by atoms with Gasteiger partial charge in [-0.15, -0.1) is 0 Å². The van der Waals surface area contributed by atoms with Crippen LogP contribution in [0.25, 0.3) is 22.8 Å². The first-order valence-electron chi connectivity index (χ1n) is 7.42. The van der Waals surface area contributed by atoms with Crippen LogP contribution in [0.1, 0.15) is 0 Å². The zero-order chi connectivity index (χ0) is 18.5. The molecule has 0 fully saturated rings. The van der Waals surface area contributed by atoms with Gasteiger partial charge in [-0.05, 0) is 36.4 Å². The van der Waals surface area contributed by atoms with Crippen molar-refractivity contribution in [2.24, 2.45) is 5.73 Å². The van der Waals surface area contributed by atoms with Gasteiger partial charge in [0.25, 0.3) is 11.8 Å². The molecular formula is C17H13F2N3O4. The van der Waals surface area contributed by atoms with Gasteiger partial charge >= 0.3 is 6.61 Å². The minimum Gasteiger partial charge on any atom is -0.484 e. The molecule has 2 aromatic carbocycles. The molecule has 0 bridgehead atoms. The Balaban J connectivity index is 1.81. The highest BCUT2D eigenvalue weighted by atomic mass is 19.3. The predicted molar refractivity (Wildman–Crippen MR) is 86.5 cm³/mol. The van der Waals surface area contributed by atoms with Crippen LogP contribution in [0.5, 0.6) is 11.5 Å². The molecular weight excluding hydrogens is 348 g/mol. The summed E-state index contributed by atoms with van der Waals surface area (Å²) in [5.41, 5.74) is 5.88. The highest BCUT2D eigenvalue weighted by Gasteiger charge is 2.17. The van der Waals surface area contributed by atoms with Crippen molar-refractivity contribution in [2.75, 3.05) is 6.61 Å². The Morgan fingerprint density at radius 3 is 2.58 bits per heavy atom. The van der Waals surface area contributed by atoms with Gasteiger partial charge in [-0.2, -0.15) is 13.8 Å². The lowest BCUT2D eigenvalue weighted by molar-refractivity contribution is -0.119. The van der Waals surface area contributed by atoms with E-state index in [0.29, 0.717) is 11.3 Å². The molecule has 0 saturated heterocycles. The zero-order valence-electron chi connectivity index (χ0n) is 13.3. The molecule has 3 rings (SSSR count). The summed E-state index contributed by atoms with van der Waals surface area (Å²) in [6.07, 6.45) is 0. The fraction of sp³-hybridized carbons (Fsp3) is 0.118. The van der Waals surface area contributed by atoms with E-state index in [2.05, 4.69) is 14.9 Å². The third-order valence-electron chi connectivity index (χ3n) is 3.25. The molecule has 0 atom stereocenters. The molecule has 9 heteroatoms. The maximum absolute atomic E-state index is 12.5. The third-order valence-corrected chi connectivity index (χ3v) is 3.25. The molecule has 0 aliphatic carbocycles. The molecule has 0 saturated carbocycles. The van der Waals surface area contributed by atoms with Gasteiger partial charge in [0.2, 0.25) is 5.82 Å². The molecule has 3 aromatic rings. The lowest BCUT2D eigenvalue weighted by Crippen LogP contribution is -2.19. The number of primary amides is 1. The van der Waals surface area contributed by atoms with Gasteiger partial charge in [0.05, 0.1) is 5.56 Å². The number of ether oxygens (including phenoxy) is 2. The third kappa shape index (κ3) is 4.12. The number of benzene rings is 2. The lowest BCUT2D eigenvalue weighted by Gasteiger charge is -2.06. The summed E-state index contributed by atoms with van der Waals surface area (Å²) in [6.45, 7) is -3.20. The SMILES string of the molecule is NC(=O)COc1ccc(-c2noc(-c3ccccc3OC(F)F)n2)cc1. The second-order valence-electron chi connectivity index (χ2n) is 5.08. The van der Waals surface area contributed by atoms with E-state index in [0.717, 1.165) is 0 Å². The Hall–Kier alpha value is -3.49. The number of carbonyl (C=O) groups is 1. The Bertz CT molecular complexity index is 897. The average Bonchev–Trinajstić information content (AvgIpc) is 3.10. The summed E-state index contributed by atoms with van der Waals surface area (Å²) in [5.74, 6) is 0.111. The van der Waals surface area contributed by atoms with Gasteiger partial charge < -0.3 is 19.7 Å². The molecule has 0 aliphatic rings. The van der Waals surface area contributed by atoms with E-state index in [1.165, 1.54) is 12.1 Å². The fourth-order valence-electron chi connectivity index (χ4n) is 2.15. The van der Waals surface area contributed by atoms with Crippen molar-refractivity contribution in [2.45, 2.75) is 6.61 Å². The van der Waals surface area contributed by atoms with Crippen molar-refractivity contribution in [3.8, 4) is 34.3 Å². The number of hydrogen-bond acceptors (Lipinski definition) is 6. The number of para-hydroxylation sites is 1. The molecule has 7 nitrogen and oxygen atoms in total. The molecule has 0 spiro atoms. The molecule has 2 N–H and O–H groups in total. The highest BCUT2D eigenvalue weighted by Crippen LogP contribution is 2.31. The molecule has 26 heavy (non-hydrogen) atoms. The Kier molecular flexibility index (Phi) is 5.07. The Morgan fingerprint density at radius 1 is 1.15 bits per heavy atom. The molecule has 0 unspecified atom stereocenters. The Labute approximate surface area is 146 Å². The Morgan fingerprint density at radius 2 is 1.88 bits per heavy atom. The highest BCUT2D eigenvalue weighted by molar-refractivity contribution is 5.75. The maximum Gasteiger partial charge on any atom is 0.387 e. The van der Waals surface area contributed by atoms with Crippen LogP contribution in [0.15, 0.2) is 53.1 Å². The summed E-state index contributed by atoms with van der Waals surface area (Å²) >= 11 is 0. The smallest absolute Gasteiger partial charge is 0.387 e. The normalized spacial score (nSPS) is 10.7. The fourth-order valence-corrected chi connectivity index (χ4v) is 2.15. The number of alkyl halides is 2. The maximum atomic E-state index is 12.5. The van der Waals surface area contributed by atoms with Crippen molar-refractivity contribution >= 4 is 5.91 Å². The van der Waals surface area contributed by atoms with E-state index in [-0.39, 0.29) is 29.6 Å². The van der Waals surface area contributed by atoms with Crippen molar-refractivity contribution < 1.29 is 27.6 Å². The molecule has 0 radical (unpaired) electrons. The van der Waals surface area contributed by atoms with E-state index in [1.807, 2.05) is 0 Å². The first kappa shape index (κ1) is 17.3. The minimum absolute atomic E-state index is 0.0466. The van der Waals surface area contributed by atoms with Crippen LogP contribution in [-0.4, -0.2) is 29.3 Å². The van der Waals surface area contributed by atoms with Gasteiger partial charge in [0.15, 0.2) is 6.61 Å². The number of aromatic nitrogens is 2. The number of rotatable bonds is 7. The summed E-state index contributed by atoms with van der Waals surface area (Å²) < 4.78 is 39.8. The zero-order valence-corrected chi connectivity index (χ0v) is 13.3. The van der Waals surface area contributed by atoms with Gasteiger partial charge in [0, 0.05) is 5.56 Å². The van der Waals surface area contributed by atoms with E-state index in [1.54, 1.807) is 36.4 Å². The molecule has 134 valence electrons. The monoisotopic (exact) mass is 361 g/mol. The van der Waals surface area contributed by atoms with Crippen LogP contribution >= 0.6 is 0 Å². The average molecular weight is 361 g/mol. The van der Waals surface area contributed by atoms with Crippen molar-refractivity contribution in [3.63, 3.8) is 0 Å². The van der Waals surface area contributed by atoms with Crippen LogP contribution in [0.2, 0.25) is 0 Å². The number of amides is 1. The first-order valence-corrected chi connectivity index (χ1v) is 7.42. The standard InChI is InChI=1S/C17H13F2N3O4/c18-17(19)25-13-4-2-1-3-12(13)16-21-15(22-26-16)10-5-7-11(8-6-10)24-9-14(20)23/h1-8,17H,9H2,(H2,20,23). The van der Waals surface area contributed by atoms with E-state index in [4.69, 9.17) is 15.0 Å². The van der Waals surface area contributed by atoms with Gasteiger partial charge in [-0.3, -0.25) is 4.79 Å². The predicted octanol–water partition coefficient (Wildman–Crippen LogP) is 2.87. The molecule has 1 aromatic heterocycles. The summed E-state index contributed by atoms with van der Waals surface area (Å²) in [5, 5.41) is 3.84. The molecule has 1 amide bonds. The van der Waals surface area contributed by atoms with E-state index in [9.17, 15) is 13.6 Å². The van der Waals surface area contributed by atoms with Gasteiger partial charge in [0.1, 0.15) is 11.5 Å². The number of hydrogen-bond donors (Lipinski definition) is 1. The quantitative estimate of drug-likeness (QED) is 0.694. The van der Waals surface area contributed by atoms with Crippen LogP contribution in [0, 0.1) is 0 Å². The second-order valence-corrected chi connectivity index (χ2v) is 5.08.